The van der Waals surface area contributed by atoms with Gasteiger partial charge in [0.15, 0.2) is 0 Å². The van der Waals surface area contributed by atoms with Crippen LogP contribution in [0.5, 0.6) is 0 Å². The summed E-state index contributed by atoms with van der Waals surface area (Å²) in [5.41, 5.74) is 7.58. The van der Waals surface area contributed by atoms with Crippen molar-refractivity contribution in [1.82, 2.24) is 5.32 Å². The molecule has 0 atom stereocenters. The Morgan fingerprint density at radius 3 is 2.32 bits per heavy atom. The highest BCUT2D eigenvalue weighted by Crippen LogP contribution is 2.24. The summed E-state index contributed by atoms with van der Waals surface area (Å²) in [5, 5.41) is 7.92. The summed E-state index contributed by atoms with van der Waals surface area (Å²) in [4.78, 5) is 24.7. The molecule has 0 saturated carbocycles. The van der Waals surface area contributed by atoms with Gasteiger partial charge >= 0.3 is 0 Å². The van der Waals surface area contributed by atoms with Gasteiger partial charge in [0.1, 0.15) is 5.00 Å². The first kappa shape index (κ1) is 19.1. The number of hydrogen-bond donors (Lipinski definition) is 3. The summed E-state index contributed by atoms with van der Waals surface area (Å²) in [6.45, 7) is 8.24. The molecule has 0 fully saturated rings. The van der Waals surface area contributed by atoms with Crippen molar-refractivity contribution in [3.05, 3.63) is 52.4 Å². The Kier molecular flexibility index (Phi) is 5.98. The van der Waals surface area contributed by atoms with Gasteiger partial charge in [-0.2, -0.15) is 0 Å². The lowest BCUT2D eigenvalue weighted by atomic mass is 10.0. The quantitative estimate of drug-likeness (QED) is 0.737. The topological polar surface area (TPSA) is 84.2 Å². The normalized spacial score (nSPS) is 11.4. The van der Waals surface area contributed by atoms with E-state index in [2.05, 4.69) is 24.5 Å². The predicted molar refractivity (Wildman–Crippen MR) is 103 cm³/mol. The van der Waals surface area contributed by atoms with Gasteiger partial charge in [-0.3, -0.25) is 9.59 Å². The monoisotopic (exact) mass is 359 g/mol. The van der Waals surface area contributed by atoms with Crippen LogP contribution in [0, 0.1) is 0 Å². The van der Waals surface area contributed by atoms with Crippen LogP contribution in [0.3, 0.4) is 0 Å². The van der Waals surface area contributed by atoms with Gasteiger partial charge in [-0.15, -0.1) is 11.3 Å². The van der Waals surface area contributed by atoms with Crippen molar-refractivity contribution >= 4 is 28.2 Å². The summed E-state index contributed by atoms with van der Waals surface area (Å²) in [7, 11) is 0. The molecule has 134 valence electrons. The Labute approximate surface area is 152 Å². The highest BCUT2D eigenvalue weighted by atomic mass is 32.1. The maximum absolute atomic E-state index is 12.4. The van der Waals surface area contributed by atoms with Gasteiger partial charge in [0.05, 0.1) is 5.56 Å². The van der Waals surface area contributed by atoms with Gasteiger partial charge < -0.3 is 16.4 Å². The Morgan fingerprint density at radius 2 is 1.76 bits per heavy atom. The molecule has 2 aromatic rings. The molecule has 1 heterocycles. The summed E-state index contributed by atoms with van der Waals surface area (Å²) in [6, 6.07) is 9.20. The highest BCUT2D eigenvalue weighted by molar-refractivity contribution is 7.14. The Hall–Kier alpha value is -2.18. The third kappa shape index (κ3) is 5.41. The van der Waals surface area contributed by atoms with Crippen molar-refractivity contribution in [1.29, 1.82) is 0 Å². The molecule has 0 bridgehead atoms. The van der Waals surface area contributed by atoms with E-state index in [0.717, 1.165) is 0 Å². The number of hydrogen-bond acceptors (Lipinski definition) is 4. The molecular weight excluding hydrogens is 334 g/mol. The van der Waals surface area contributed by atoms with E-state index in [4.69, 9.17) is 5.73 Å². The lowest BCUT2D eigenvalue weighted by Gasteiger charge is -2.19. The van der Waals surface area contributed by atoms with Crippen LogP contribution in [-0.4, -0.2) is 23.9 Å². The van der Waals surface area contributed by atoms with Crippen LogP contribution in [0.25, 0.3) is 0 Å². The predicted octanol–water partition coefficient (Wildman–Crippen LogP) is 3.59. The number of rotatable bonds is 6. The number of nitrogens with one attached hydrogen (secondary N) is 2. The Morgan fingerprint density at radius 1 is 1.12 bits per heavy atom. The van der Waals surface area contributed by atoms with Crippen molar-refractivity contribution in [2.45, 2.75) is 39.2 Å². The molecule has 0 spiro atoms. The first-order valence-corrected chi connectivity index (χ1v) is 9.11. The van der Waals surface area contributed by atoms with Crippen LogP contribution in [0.1, 0.15) is 59.9 Å². The van der Waals surface area contributed by atoms with Crippen LogP contribution < -0.4 is 16.4 Å². The van der Waals surface area contributed by atoms with Gasteiger partial charge in [-0.05, 0) is 48.9 Å². The molecule has 0 aliphatic heterocycles. The van der Waals surface area contributed by atoms with E-state index >= 15 is 0 Å². The van der Waals surface area contributed by atoms with E-state index in [1.165, 1.54) is 16.9 Å². The summed E-state index contributed by atoms with van der Waals surface area (Å²) >= 11 is 1.32. The van der Waals surface area contributed by atoms with E-state index in [9.17, 15) is 9.59 Å². The van der Waals surface area contributed by atoms with E-state index in [1.807, 2.05) is 26.0 Å². The van der Waals surface area contributed by atoms with Crippen LogP contribution in [0.2, 0.25) is 0 Å². The van der Waals surface area contributed by atoms with Gasteiger partial charge in [0, 0.05) is 17.6 Å². The number of carbonyl (C=O) groups is 2. The van der Waals surface area contributed by atoms with Crippen LogP contribution in [-0.2, 0) is 0 Å². The number of amides is 2. The highest BCUT2D eigenvalue weighted by Gasteiger charge is 2.18. The van der Waals surface area contributed by atoms with Crippen molar-refractivity contribution < 1.29 is 9.59 Å². The Bertz CT molecular complexity index is 743. The molecule has 0 unspecified atom stereocenters. The third-order valence-corrected chi connectivity index (χ3v) is 4.51. The zero-order valence-corrected chi connectivity index (χ0v) is 15.9. The minimum absolute atomic E-state index is 0.231. The second kappa shape index (κ2) is 7.80. The van der Waals surface area contributed by atoms with Crippen LogP contribution in [0.15, 0.2) is 35.7 Å². The van der Waals surface area contributed by atoms with E-state index in [0.29, 0.717) is 28.6 Å². The molecule has 0 aliphatic rings. The standard InChI is InChI=1S/C19H25N3O2S/c1-12(2)13-5-7-14(8-6-13)16(23)22-18-15(9-10-25-18)17(24)21-11-19(3,4)20/h5-10,12H,11,20H2,1-4H3,(H,21,24)(H,22,23). The lowest BCUT2D eigenvalue weighted by molar-refractivity contribution is 0.0947. The van der Waals surface area contributed by atoms with Crippen molar-refractivity contribution in [2.24, 2.45) is 5.73 Å². The SMILES string of the molecule is CC(C)c1ccc(C(=O)Nc2sccc2C(=O)NCC(C)(C)N)cc1. The average Bonchev–Trinajstić information content (AvgIpc) is 3.00. The Balaban J connectivity index is 2.07. The summed E-state index contributed by atoms with van der Waals surface area (Å²) in [6.07, 6.45) is 0. The zero-order chi connectivity index (χ0) is 18.6. The fourth-order valence-electron chi connectivity index (χ4n) is 2.18. The molecule has 4 N–H and O–H groups in total. The molecule has 5 nitrogen and oxygen atoms in total. The van der Waals surface area contributed by atoms with E-state index < -0.39 is 5.54 Å². The number of nitrogens with two attached hydrogens (primary N) is 1. The lowest BCUT2D eigenvalue weighted by Crippen LogP contribution is -2.45. The van der Waals surface area contributed by atoms with Gasteiger partial charge in [0.2, 0.25) is 0 Å². The molecule has 2 amide bonds. The van der Waals surface area contributed by atoms with Crippen molar-refractivity contribution in [2.75, 3.05) is 11.9 Å². The number of carbonyl (C=O) groups excluding carboxylic acids is 2. The molecule has 1 aromatic heterocycles. The second-order valence-electron chi connectivity index (χ2n) is 7.07. The number of benzene rings is 1. The first-order chi connectivity index (χ1) is 11.7. The van der Waals surface area contributed by atoms with E-state index in [-0.39, 0.29) is 11.8 Å². The molecule has 0 aliphatic carbocycles. The minimum Gasteiger partial charge on any atom is -0.350 e. The molecule has 0 saturated heterocycles. The molecule has 2 rings (SSSR count). The van der Waals surface area contributed by atoms with Gasteiger partial charge in [-0.25, -0.2) is 0 Å². The fraction of sp³-hybridized carbons (Fsp3) is 0.368. The second-order valence-corrected chi connectivity index (χ2v) is 7.98. The average molecular weight is 359 g/mol. The van der Waals surface area contributed by atoms with Crippen LogP contribution in [0.4, 0.5) is 5.00 Å². The molecule has 6 heteroatoms. The summed E-state index contributed by atoms with van der Waals surface area (Å²) in [5.74, 6) is -0.0623. The maximum atomic E-state index is 12.4. The van der Waals surface area contributed by atoms with Gasteiger partial charge in [0.25, 0.3) is 11.8 Å². The first-order valence-electron chi connectivity index (χ1n) is 8.23. The third-order valence-electron chi connectivity index (χ3n) is 3.68. The van der Waals surface area contributed by atoms with E-state index in [1.54, 1.807) is 23.6 Å². The molecular formula is C19H25N3O2S. The molecule has 25 heavy (non-hydrogen) atoms. The largest absolute Gasteiger partial charge is 0.350 e. The maximum Gasteiger partial charge on any atom is 0.256 e. The minimum atomic E-state index is -0.493. The number of anilines is 1. The molecule has 1 aromatic carbocycles. The smallest absolute Gasteiger partial charge is 0.256 e. The fourth-order valence-corrected chi connectivity index (χ4v) is 2.96. The summed E-state index contributed by atoms with van der Waals surface area (Å²) < 4.78 is 0. The molecule has 0 radical (unpaired) electrons. The van der Waals surface area contributed by atoms with Crippen LogP contribution >= 0.6 is 11.3 Å². The zero-order valence-electron chi connectivity index (χ0n) is 15.1. The van der Waals surface area contributed by atoms with Gasteiger partial charge in [-0.1, -0.05) is 26.0 Å². The van der Waals surface area contributed by atoms with Crippen molar-refractivity contribution in [3.63, 3.8) is 0 Å². The van der Waals surface area contributed by atoms with Crippen molar-refractivity contribution in [3.8, 4) is 0 Å². The number of thiophene rings is 1.